The van der Waals surface area contributed by atoms with Crippen molar-refractivity contribution in [2.24, 2.45) is 0 Å². The molecule has 132 valence electrons. The summed E-state index contributed by atoms with van der Waals surface area (Å²) in [6.07, 6.45) is 0. The van der Waals surface area contributed by atoms with E-state index in [4.69, 9.17) is 4.74 Å². The second-order valence-corrected chi connectivity index (χ2v) is 6.00. The van der Waals surface area contributed by atoms with Crippen molar-refractivity contribution in [3.63, 3.8) is 0 Å². The van der Waals surface area contributed by atoms with Gasteiger partial charge in [-0.2, -0.15) is 0 Å². The van der Waals surface area contributed by atoms with Crippen molar-refractivity contribution < 1.29 is 18.7 Å². The van der Waals surface area contributed by atoms with Crippen molar-refractivity contribution >= 4 is 11.8 Å². The Morgan fingerprint density at radius 2 is 1.92 bits per heavy atom. The number of halogens is 1. The molecule has 1 heterocycles. The molecular weight excluding hydrogens is 313 g/mol. The molecule has 1 aromatic rings. The van der Waals surface area contributed by atoms with E-state index in [2.05, 4.69) is 0 Å². The maximum atomic E-state index is 13.7. The Kier molecular flexibility index (Phi) is 6.14. The Bertz CT molecular complexity index is 601. The minimum absolute atomic E-state index is 0.0255. The van der Waals surface area contributed by atoms with Gasteiger partial charge in [0, 0.05) is 46.7 Å². The molecule has 2 rings (SSSR count). The van der Waals surface area contributed by atoms with Gasteiger partial charge in [-0.05, 0) is 17.7 Å². The predicted molar refractivity (Wildman–Crippen MR) is 88.1 cm³/mol. The molecule has 1 fully saturated rings. The van der Waals surface area contributed by atoms with Crippen molar-refractivity contribution in [2.75, 3.05) is 46.9 Å². The number of hydrogen-bond donors (Lipinski definition) is 0. The van der Waals surface area contributed by atoms with E-state index in [1.807, 2.05) is 4.90 Å². The molecule has 1 aliphatic rings. The third kappa shape index (κ3) is 4.67. The van der Waals surface area contributed by atoms with E-state index in [0.717, 1.165) is 0 Å². The molecule has 1 saturated heterocycles. The van der Waals surface area contributed by atoms with Crippen LogP contribution in [0.1, 0.15) is 12.5 Å². The molecule has 0 spiro atoms. The van der Waals surface area contributed by atoms with Crippen LogP contribution in [0.2, 0.25) is 0 Å². The number of piperazine rings is 1. The van der Waals surface area contributed by atoms with E-state index >= 15 is 0 Å². The van der Waals surface area contributed by atoms with E-state index < -0.39 is 5.82 Å². The van der Waals surface area contributed by atoms with E-state index in [-0.39, 0.29) is 17.6 Å². The molecule has 2 amide bonds. The SMILES string of the molecule is COc1ccc(CN(C)C(=O)CN2CCN(C(C)=O)CC2)cc1F. The average molecular weight is 337 g/mol. The van der Waals surface area contributed by atoms with Crippen LogP contribution in [0.3, 0.4) is 0 Å². The van der Waals surface area contributed by atoms with E-state index in [1.54, 1.807) is 35.9 Å². The molecule has 0 atom stereocenters. The summed E-state index contributed by atoms with van der Waals surface area (Å²) in [5.74, 6) is -0.200. The maximum Gasteiger partial charge on any atom is 0.236 e. The first-order chi connectivity index (χ1) is 11.4. The van der Waals surface area contributed by atoms with Gasteiger partial charge in [-0.15, -0.1) is 0 Å². The topological polar surface area (TPSA) is 53.1 Å². The minimum Gasteiger partial charge on any atom is -0.494 e. The average Bonchev–Trinajstić information content (AvgIpc) is 2.55. The summed E-state index contributed by atoms with van der Waals surface area (Å²) in [6.45, 7) is 4.88. The van der Waals surface area contributed by atoms with Crippen LogP contribution in [-0.2, 0) is 16.1 Å². The number of nitrogens with zero attached hydrogens (tertiary/aromatic N) is 3. The number of ether oxygens (including phenoxy) is 1. The van der Waals surface area contributed by atoms with Crippen LogP contribution in [0.15, 0.2) is 18.2 Å². The van der Waals surface area contributed by atoms with Crippen LogP contribution in [0, 0.1) is 5.82 Å². The molecule has 0 bridgehead atoms. The van der Waals surface area contributed by atoms with Crippen molar-refractivity contribution in [2.45, 2.75) is 13.5 Å². The van der Waals surface area contributed by atoms with Gasteiger partial charge in [0.15, 0.2) is 11.6 Å². The van der Waals surface area contributed by atoms with Crippen molar-refractivity contribution in [1.29, 1.82) is 0 Å². The van der Waals surface area contributed by atoms with Crippen molar-refractivity contribution in [1.82, 2.24) is 14.7 Å². The Balaban J connectivity index is 1.84. The molecule has 24 heavy (non-hydrogen) atoms. The third-order valence-electron chi connectivity index (χ3n) is 4.24. The van der Waals surface area contributed by atoms with Gasteiger partial charge in [0.25, 0.3) is 0 Å². The van der Waals surface area contributed by atoms with Gasteiger partial charge in [-0.25, -0.2) is 4.39 Å². The largest absolute Gasteiger partial charge is 0.494 e. The highest BCUT2D eigenvalue weighted by Crippen LogP contribution is 2.18. The number of carbonyl (C=O) groups excluding carboxylic acids is 2. The molecule has 0 aromatic heterocycles. The molecule has 1 aliphatic heterocycles. The Morgan fingerprint density at radius 1 is 1.25 bits per heavy atom. The van der Waals surface area contributed by atoms with E-state index in [0.29, 0.717) is 44.8 Å². The predicted octanol–water partition coefficient (Wildman–Crippen LogP) is 0.957. The van der Waals surface area contributed by atoms with Crippen molar-refractivity contribution in [3.8, 4) is 5.75 Å². The maximum absolute atomic E-state index is 13.7. The van der Waals surface area contributed by atoms with Crippen LogP contribution in [-0.4, -0.2) is 73.4 Å². The molecule has 0 unspecified atom stereocenters. The van der Waals surface area contributed by atoms with Crippen LogP contribution in [0.5, 0.6) is 5.75 Å². The number of rotatable bonds is 5. The Labute approximate surface area is 141 Å². The summed E-state index contributed by atoms with van der Waals surface area (Å²) in [5.41, 5.74) is 0.713. The molecule has 1 aromatic carbocycles. The second-order valence-electron chi connectivity index (χ2n) is 6.00. The zero-order valence-corrected chi connectivity index (χ0v) is 14.4. The number of hydrogen-bond acceptors (Lipinski definition) is 4. The van der Waals surface area contributed by atoms with Gasteiger partial charge >= 0.3 is 0 Å². The number of methoxy groups -OCH3 is 1. The first-order valence-corrected chi connectivity index (χ1v) is 7.95. The summed E-state index contributed by atoms with van der Waals surface area (Å²) < 4.78 is 18.6. The minimum atomic E-state index is -0.434. The van der Waals surface area contributed by atoms with Crippen LogP contribution < -0.4 is 4.74 Å². The monoisotopic (exact) mass is 337 g/mol. The van der Waals surface area contributed by atoms with Crippen LogP contribution in [0.4, 0.5) is 4.39 Å². The number of carbonyl (C=O) groups is 2. The highest BCUT2D eigenvalue weighted by molar-refractivity contribution is 5.78. The number of benzene rings is 1. The highest BCUT2D eigenvalue weighted by atomic mass is 19.1. The van der Waals surface area contributed by atoms with Gasteiger partial charge in [0.2, 0.25) is 11.8 Å². The second kappa shape index (κ2) is 8.10. The summed E-state index contributed by atoms with van der Waals surface area (Å²) in [6, 6.07) is 4.69. The standard InChI is InChI=1S/C17H24FN3O3/c1-13(22)21-8-6-20(7-9-21)12-17(23)19(2)11-14-4-5-16(24-3)15(18)10-14/h4-5,10H,6-9,11-12H2,1-3H3. The summed E-state index contributed by atoms with van der Waals surface area (Å²) in [4.78, 5) is 29.0. The Hall–Kier alpha value is -2.15. The van der Waals surface area contributed by atoms with E-state index in [1.165, 1.54) is 13.2 Å². The first-order valence-electron chi connectivity index (χ1n) is 7.95. The first kappa shape index (κ1) is 18.2. The zero-order chi connectivity index (χ0) is 17.7. The van der Waals surface area contributed by atoms with Gasteiger partial charge < -0.3 is 14.5 Å². The van der Waals surface area contributed by atoms with E-state index in [9.17, 15) is 14.0 Å². The quantitative estimate of drug-likeness (QED) is 0.803. The van der Waals surface area contributed by atoms with Crippen LogP contribution in [0.25, 0.3) is 0 Å². The van der Waals surface area contributed by atoms with Crippen LogP contribution >= 0.6 is 0 Å². The summed E-state index contributed by atoms with van der Waals surface area (Å²) >= 11 is 0. The van der Waals surface area contributed by atoms with Gasteiger partial charge in [0.05, 0.1) is 13.7 Å². The van der Waals surface area contributed by atoms with Crippen molar-refractivity contribution in [3.05, 3.63) is 29.6 Å². The normalized spacial score (nSPS) is 15.2. The van der Waals surface area contributed by atoms with Gasteiger partial charge in [-0.1, -0.05) is 6.07 Å². The molecular formula is C17H24FN3O3. The smallest absolute Gasteiger partial charge is 0.236 e. The lowest BCUT2D eigenvalue weighted by molar-refractivity contribution is -0.133. The fourth-order valence-corrected chi connectivity index (χ4v) is 2.70. The molecule has 0 radical (unpaired) electrons. The lowest BCUT2D eigenvalue weighted by atomic mass is 10.2. The zero-order valence-electron chi connectivity index (χ0n) is 14.4. The molecule has 0 saturated carbocycles. The number of likely N-dealkylation sites (N-methyl/N-ethyl adjacent to an activating group) is 1. The fourth-order valence-electron chi connectivity index (χ4n) is 2.70. The summed E-state index contributed by atoms with van der Waals surface area (Å²) in [5, 5.41) is 0. The number of amides is 2. The summed E-state index contributed by atoms with van der Waals surface area (Å²) in [7, 11) is 3.12. The molecule has 7 heteroatoms. The fraction of sp³-hybridized carbons (Fsp3) is 0.529. The lowest BCUT2D eigenvalue weighted by Gasteiger charge is -2.34. The molecule has 6 nitrogen and oxygen atoms in total. The Morgan fingerprint density at radius 3 is 2.46 bits per heavy atom. The van der Waals surface area contributed by atoms with Gasteiger partial charge in [-0.3, -0.25) is 14.5 Å². The third-order valence-corrected chi connectivity index (χ3v) is 4.24. The van der Waals surface area contributed by atoms with Gasteiger partial charge in [0.1, 0.15) is 0 Å². The molecule has 0 N–H and O–H groups in total. The lowest BCUT2D eigenvalue weighted by Crippen LogP contribution is -2.50. The highest BCUT2D eigenvalue weighted by Gasteiger charge is 2.21. The molecule has 0 aliphatic carbocycles.